The second-order valence-corrected chi connectivity index (χ2v) is 3.91. The smallest absolute Gasteiger partial charge is 0.368 e. The summed E-state index contributed by atoms with van der Waals surface area (Å²) in [5, 5.41) is 0. The van der Waals surface area contributed by atoms with E-state index in [9.17, 15) is 22.8 Å². The summed E-state index contributed by atoms with van der Waals surface area (Å²) >= 11 is 0. The topological polar surface area (TPSA) is 102 Å². The van der Waals surface area contributed by atoms with Gasteiger partial charge in [-0.3, -0.25) is 9.59 Å². The highest BCUT2D eigenvalue weighted by Gasteiger charge is 2.34. The molecule has 0 radical (unpaired) electrons. The fraction of sp³-hybridized carbons (Fsp3) is 0.364. The normalized spacial score (nSPS) is 11.2. The molecule has 0 unspecified atom stereocenters. The fourth-order valence-electron chi connectivity index (χ4n) is 1.56. The highest BCUT2D eigenvalue weighted by Crippen LogP contribution is 2.30. The molecule has 0 atom stereocenters. The van der Waals surface area contributed by atoms with Crippen molar-refractivity contribution in [3.63, 3.8) is 0 Å². The monoisotopic (exact) mass is 290 g/mol. The van der Waals surface area contributed by atoms with Gasteiger partial charge in [0, 0.05) is 6.54 Å². The molecule has 0 saturated heterocycles. The number of carbonyl (C=O) groups is 2. The summed E-state index contributed by atoms with van der Waals surface area (Å²) < 4.78 is 37.9. The predicted octanol–water partition coefficient (Wildman–Crippen LogP) is 0.511. The highest BCUT2D eigenvalue weighted by atomic mass is 19.4. The Kier molecular flexibility index (Phi) is 4.53. The molecule has 6 nitrogen and oxygen atoms in total. The third-order valence-electron chi connectivity index (χ3n) is 2.46. The van der Waals surface area contributed by atoms with Crippen LogP contribution in [0.15, 0.2) is 12.1 Å². The lowest BCUT2D eigenvalue weighted by atomic mass is 10.2. The van der Waals surface area contributed by atoms with E-state index < -0.39 is 23.7 Å². The van der Waals surface area contributed by atoms with E-state index in [4.69, 9.17) is 11.5 Å². The molecular weight excluding hydrogens is 277 g/mol. The minimum absolute atomic E-state index is 0.136. The van der Waals surface area contributed by atoms with E-state index in [-0.39, 0.29) is 24.5 Å². The van der Waals surface area contributed by atoms with Crippen molar-refractivity contribution in [2.75, 3.05) is 18.0 Å². The van der Waals surface area contributed by atoms with Crippen LogP contribution in [0.2, 0.25) is 0 Å². The first-order valence-corrected chi connectivity index (χ1v) is 5.58. The average molecular weight is 290 g/mol. The third-order valence-corrected chi connectivity index (χ3v) is 2.46. The Hall–Kier alpha value is -2.32. The molecule has 0 fully saturated rings. The molecule has 0 aliphatic carbocycles. The van der Waals surface area contributed by atoms with E-state index >= 15 is 0 Å². The van der Waals surface area contributed by atoms with Crippen LogP contribution in [0.4, 0.5) is 19.0 Å². The first-order chi connectivity index (χ1) is 9.16. The Bertz CT molecular complexity index is 531. The number of aromatic nitrogens is 1. The predicted molar refractivity (Wildman–Crippen MR) is 64.8 cm³/mol. The van der Waals surface area contributed by atoms with E-state index in [2.05, 4.69) is 4.98 Å². The van der Waals surface area contributed by atoms with Crippen LogP contribution >= 0.6 is 0 Å². The van der Waals surface area contributed by atoms with Crippen LogP contribution < -0.4 is 16.4 Å². The second kappa shape index (κ2) is 5.76. The van der Waals surface area contributed by atoms with Crippen molar-refractivity contribution in [3.05, 3.63) is 23.4 Å². The Morgan fingerprint density at radius 2 is 1.90 bits per heavy atom. The number of alkyl halides is 3. The summed E-state index contributed by atoms with van der Waals surface area (Å²) in [5.41, 5.74) is 8.72. The van der Waals surface area contributed by atoms with Crippen molar-refractivity contribution >= 4 is 17.6 Å². The van der Waals surface area contributed by atoms with Gasteiger partial charge in [0.2, 0.25) is 5.91 Å². The quantitative estimate of drug-likeness (QED) is 0.824. The van der Waals surface area contributed by atoms with Gasteiger partial charge in [-0.05, 0) is 19.1 Å². The third kappa shape index (κ3) is 3.59. The number of rotatable bonds is 5. The highest BCUT2D eigenvalue weighted by molar-refractivity contribution is 5.98. The van der Waals surface area contributed by atoms with Gasteiger partial charge in [0.25, 0.3) is 5.91 Å². The van der Waals surface area contributed by atoms with Crippen LogP contribution in [0.3, 0.4) is 0 Å². The fourth-order valence-corrected chi connectivity index (χ4v) is 1.56. The summed E-state index contributed by atoms with van der Waals surface area (Å²) in [6.07, 6.45) is -4.67. The molecule has 0 aliphatic heterocycles. The minimum atomic E-state index is -4.67. The van der Waals surface area contributed by atoms with Gasteiger partial charge in [0.05, 0.1) is 12.1 Å². The number of nitrogens with two attached hydrogens (primary N) is 2. The maximum atomic E-state index is 12.6. The molecule has 0 bridgehead atoms. The van der Waals surface area contributed by atoms with E-state index in [1.54, 1.807) is 6.92 Å². The Morgan fingerprint density at radius 3 is 2.30 bits per heavy atom. The molecule has 9 heteroatoms. The first-order valence-electron chi connectivity index (χ1n) is 5.58. The SMILES string of the molecule is CCN(CC(N)=O)c1nc(C(F)(F)F)ccc1C(N)=O. The Labute approximate surface area is 112 Å². The van der Waals surface area contributed by atoms with E-state index in [0.717, 1.165) is 11.0 Å². The van der Waals surface area contributed by atoms with Gasteiger partial charge in [0.15, 0.2) is 0 Å². The van der Waals surface area contributed by atoms with Gasteiger partial charge in [-0.1, -0.05) is 0 Å². The first kappa shape index (κ1) is 15.7. The van der Waals surface area contributed by atoms with Gasteiger partial charge in [-0.25, -0.2) is 4.98 Å². The summed E-state index contributed by atoms with van der Waals surface area (Å²) in [5.74, 6) is -2.01. The number of pyridine rings is 1. The number of hydrogen-bond acceptors (Lipinski definition) is 4. The number of amides is 2. The molecule has 1 aromatic heterocycles. The molecule has 20 heavy (non-hydrogen) atoms. The van der Waals surface area contributed by atoms with Gasteiger partial charge in [-0.15, -0.1) is 0 Å². The number of likely N-dealkylation sites (N-methyl/N-ethyl adjacent to an activating group) is 1. The molecule has 2 amide bonds. The standard InChI is InChI=1S/C11H13F3N4O2/c1-2-18(5-8(15)19)10-6(9(16)20)3-4-7(17-10)11(12,13)14/h3-4H,2,5H2,1H3,(H2,15,19)(H2,16,20). The van der Waals surface area contributed by atoms with E-state index in [1.165, 1.54) is 0 Å². The van der Waals surface area contributed by atoms with Crippen LogP contribution in [0, 0.1) is 0 Å². The van der Waals surface area contributed by atoms with Crippen molar-refractivity contribution in [2.45, 2.75) is 13.1 Å². The van der Waals surface area contributed by atoms with Crippen molar-refractivity contribution < 1.29 is 22.8 Å². The largest absolute Gasteiger partial charge is 0.433 e. The molecule has 0 aromatic carbocycles. The summed E-state index contributed by atoms with van der Waals surface area (Å²) in [6, 6.07) is 1.58. The number of halogens is 3. The molecule has 1 aromatic rings. The molecule has 1 rings (SSSR count). The van der Waals surface area contributed by atoms with Crippen LogP contribution in [0.1, 0.15) is 23.0 Å². The number of nitrogens with zero attached hydrogens (tertiary/aromatic N) is 2. The summed E-state index contributed by atoms with van der Waals surface area (Å²) in [6.45, 7) is 1.35. The average Bonchev–Trinajstić information content (AvgIpc) is 2.33. The maximum Gasteiger partial charge on any atom is 0.433 e. The number of primary amides is 2. The maximum absolute atomic E-state index is 12.6. The number of hydrogen-bond donors (Lipinski definition) is 2. The van der Waals surface area contributed by atoms with Gasteiger partial charge in [0.1, 0.15) is 11.5 Å². The zero-order valence-corrected chi connectivity index (χ0v) is 10.6. The number of carbonyl (C=O) groups excluding carboxylic acids is 2. The molecule has 1 heterocycles. The van der Waals surface area contributed by atoms with Crippen LogP contribution in [0.25, 0.3) is 0 Å². The zero-order chi connectivity index (χ0) is 15.5. The molecule has 0 saturated carbocycles. The molecule has 0 aliphatic rings. The van der Waals surface area contributed by atoms with Crippen LogP contribution in [-0.4, -0.2) is 29.9 Å². The lowest BCUT2D eigenvalue weighted by Gasteiger charge is -2.23. The molecule has 110 valence electrons. The van der Waals surface area contributed by atoms with Crippen LogP contribution in [-0.2, 0) is 11.0 Å². The lowest BCUT2D eigenvalue weighted by Crippen LogP contribution is -2.36. The molecule has 4 N–H and O–H groups in total. The van der Waals surface area contributed by atoms with Crippen molar-refractivity contribution in [1.29, 1.82) is 0 Å². The second-order valence-electron chi connectivity index (χ2n) is 3.91. The summed E-state index contributed by atoms with van der Waals surface area (Å²) in [4.78, 5) is 26.7. The van der Waals surface area contributed by atoms with Crippen molar-refractivity contribution in [2.24, 2.45) is 11.5 Å². The van der Waals surface area contributed by atoms with Gasteiger partial charge < -0.3 is 16.4 Å². The minimum Gasteiger partial charge on any atom is -0.368 e. The molecular formula is C11H13F3N4O2. The molecule has 0 spiro atoms. The Morgan fingerprint density at radius 1 is 1.30 bits per heavy atom. The Balaban J connectivity index is 3.37. The number of anilines is 1. The van der Waals surface area contributed by atoms with Gasteiger partial charge >= 0.3 is 6.18 Å². The van der Waals surface area contributed by atoms with Crippen molar-refractivity contribution in [3.8, 4) is 0 Å². The summed E-state index contributed by atoms with van der Waals surface area (Å²) in [7, 11) is 0. The zero-order valence-electron chi connectivity index (χ0n) is 10.6. The van der Waals surface area contributed by atoms with Crippen molar-refractivity contribution in [1.82, 2.24) is 4.98 Å². The van der Waals surface area contributed by atoms with E-state index in [1.807, 2.05) is 0 Å². The van der Waals surface area contributed by atoms with Crippen LogP contribution in [0.5, 0.6) is 0 Å². The lowest BCUT2D eigenvalue weighted by molar-refractivity contribution is -0.141. The van der Waals surface area contributed by atoms with Gasteiger partial charge in [-0.2, -0.15) is 13.2 Å². The van der Waals surface area contributed by atoms with E-state index in [0.29, 0.717) is 6.07 Å².